The van der Waals surface area contributed by atoms with E-state index < -0.39 is 26.5 Å². The number of morpholine rings is 1. The lowest BCUT2D eigenvalue weighted by molar-refractivity contribution is 0.0481. The number of carbonyl (C=O) groups excluding carboxylic acids is 1. The number of fused-ring (bicyclic) bond motifs is 3. The molecule has 0 spiro atoms. The summed E-state index contributed by atoms with van der Waals surface area (Å²) in [6.45, 7) is 7.65. The van der Waals surface area contributed by atoms with Gasteiger partial charge >= 0.3 is 0 Å². The molecular formula is C18H28N4O6S. The Labute approximate surface area is 170 Å². The minimum Gasteiger partial charge on any atom is -0.486 e. The van der Waals surface area contributed by atoms with Crippen LogP contribution in [0.5, 0.6) is 5.75 Å². The number of aromatic nitrogens is 2. The van der Waals surface area contributed by atoms with E-state index in [0.717, 1.165) is 6.26 Å². The molecule has 1 aromatic rings. The molecular weight excluding hydrogens is 400 g/mol. The Balaban J connectivity index is 2.19. The lowest BCUT2D eigenvalue weighted by Gasteiger charge is -2.45. The highest BCUT2D eigenvalue weighted by Crippen LogP contribution is 2.43. The highest BCUT2D eigenvalue weighted by Gasteiger charge is 2.44. The molecule has 3 unspecified atom stereocenters. The van der Waals surface area contributed by atoms with Crippen LogP contribution in [-0.2, 0) is 19.3 Å². The maximum absolute atomic E-state index is 12.7. The molecule has 0 radical (unpaired) electrons. The highest BCUT2D eigenvalue weighted by molar-refractivity contribution is 7.91. The number of sulfone groups is 1. The summed E-state index contributed by atoms with van der Waals surface area (Å²) in [5.74, 6) is -0.0978. The summed E-state index contributed by atoms with van der Waals surface area (Å²) in [7, 11) is -3.59. The van der Waals surface area contributed by atoms with Gasteiger partial charge in [0.2, 0.25) is 5.82 Å². The number of aliphatic hydroxyl groups excluding tert-OH is 1. The number of rotatable bonds is 5. The lowest BCUT2D eigenvalue weighted by atomic mass is 10.0. The summed E-state index contributed by atoms with van der Waals surface area (Å²) in [6.07, 6.45) is 1.12. The number of ether oxygens (including phenoxy) is 2. The van der Waals surface area contributed by atoms with E-state index in [1.54, 1.807) is 6.92 Å². The monoisotopic (exact) mass is 428 g/mol. The van der Waals surface area contributed by atoms with Gasteiger partial charge in [0.05, 0.1) is 31.9 Å². The zero-order chi connectivity index (χ0) is 21.6. The Morgan fingerprint density at radius 1 is 1.34 bits per heavy atom. The van der Waals surface area contributed by atoms with Crippen molar-refractivity contribution >= 4 is 21.6 Å². The Bertz CT molecular complexity index is 904. The molecule has 1 saturated heterocycles. The van der Waals surface area contributed by atoms with E-state index >= 15 is 0 Å². The summed E-state index contributed by atoms with van der Waals surface area (Å²) >= 11 is 0. The van der Waals surface area contributed by atoms with E-state index in [1.807, 2.05) is 11.8 Å². The van der Waals surface area contributed by atoms with Gasteiger partial charge in [0, 0.05) is 12.3 Å². The molecule has 3 rings (SSSR count). The molecule has 0 aliphatic carbocycles. The first-order valence-corrected chi connectivity index (χ1v) is 11.4. The second-order valence-corrected chi connectivity index (χ2v) is 10.7. The molecule has 1 aromatic heterocycles. The van der Waals surface area contributed by atoms with Crippen LogP contribution in [0.3, 0.4) is 0 Å². The van der Waals surface area contributed by atoms with Crippen LogP contribution in [0.25, 0.3) is 0 Å². The second-order valence-electron chi connectivity index (χ2n) is 8.15. The van der Waals surface area contributed by atoms with Crippen LogP contribution in [0.2, 0.25) is 0 Å². The van der Waals surface area contributed by atoms with Crippen LogP contribution in [0.4, 0.5) is 5.82 Å². The third-order valence-corrected chi connectivity index (χ3v) is 7.45. The fourth-order valence-electron chi connectivity index (χ4n) is 3.35. The van der Waals surface area contributed by atoms with Crippen molar-refractivity contribution in [3.05, 3.63) is 11.5 Å². The molecule has 2 aliphatic rings. The van der Waals surface area contributed by atoms with Crippen molar-refractivity contribution in [1.82, 2.24) is 15.3 Å². The van der Waals surface area contributed by atoms with Crippen LogP contribution in [-0.4, -0.2) is 80.2 Å². The molecule has 0 bridgehead atoms. The second kappa shape index (κ2) is 7.69. The predicted molar refractivity (Wildman–Crippen MR) is 106 cm³/mol. The third kappa shape index (κ3) is 3.90. The largest absolute Gasteiger partial charge is 0.486 e. The number of amides is 1. The van der Waals surface area contributed by atoms with Gasteiger partial charge in [-0.05, 0) is 27.7 Å². The molecule has 162 valence electrons. The molecule has 0 aromatic carbocycles. The third-order valence-electron chi connectivity index (χ3n) is 5.40. The minimum atomic E-state index is -3.59. The molecule has 29 heavy (non-hydrogen) atoms. The molecule has 3 atom stereocenters. The van der Waals surface area contributed by atoms with E-state index in [4.69, 9.17) is 9.47 Å². The quantitative estimate of drug-likeness (QED) is 0.657. The maximum atomic E-state index is 12.7. The zero-order valence-corrected chi connectivity index (χ0v) is 18.1. The SMILES string of the molecule is CC(CO)NC(=O)c1nc2c(c(C(C)(C)S(C)(=O)=O)n1)OCC1COCC(C)N21. The number of hydrogen-bond acceptors (Lipinski definition) is 9. The first kappa shape index (κ1) is 21.7. The Morgan fingerprint density at radius 3 is 2.66 bits per heavy atom. The average molecular weight is 429 g/mol. The van der Waals surface area contributed by atoms with Gasteiger partial charge in [-0.15, -0.1) is 0 Å². The van der Waals surface area contributed by atoms with Crippen LogP contribution in [0.15, 0.2) is 0 Å². The van der Waals surface area contributed by atoms with Gasteiger partial charge in [0.25, 0.3) is 5.91 Å². The van der Waals surface area contributed by atoms with Gasteiger partial charge in [0.1, 0.15) is 17.0 Å². The number of carbonyl (C=O) groups is 1. The van der Waals surface area contributed by atoms with Gasteiger partial charge in [-0.2, -0.15) is 0 Å². The van der Waals surface area contributed by atoms with Gasteiger partial charge in [-0.25, -0.2) is 18.4 Å². The van der Waals surface area contributed by atoms with Crippen molar-refractivity contribution in [2.75, 3.05) is 37.6 Å². The molecule has 11 heteroatoms. The predicted octanol–water partition coefficient (Wildman–Crippen LogP) is -0.147. The van der Waals surface area contributed by atoms with Gasteiger partial charge in [-0.3, -0.25) is 4.79 Å². The molecule has 2 aliphatic heterocycles. The molecule has 0 saturated carbocycles. The summed E-state index contributed by atoms with van der Waals surface area (Å²) in [6, 6.07) is -0.629. The Hall–Kier alpha value is -1.98. The van der Waals surface area contributed by atoms with Gasteiger partial charge < -0.3 is 24.8 Å². The first-order chi connectivity index (χ1) is 13.5. The van der Waals surface area contributed by atoms with Crippen molar-refractivity contribution in [2.45, 2.75) is 50.6 Å². The van der Waals surface area contributed by atoms with E-state index in [9.17, 15) is 18.3 Å². The van der Waals surface area contributed by atoms with Gasteiger partial charge in [-0.1, -0.05) is 0 Å². The van der Waals surface area contributed by atoms with Crippen molar-refractivity contribution in [2.24, 2.45) is 0 Å². The normalized spacial score (nSPS) is 22.9. The molecule has 1 fully saturated rings. The number of anilines is 1. The molecule has 2 N–H and O–H groups in total. The highest BCUT2D eigenvalue weighted by atomic mass is 32.2. The van der Waals surface area contributed by atoms with E-state index in [2.05, 4.69) is 15.3 Å². The first-order valence-electron chi connectivity index (χ1n) is 9.50. The summed E-state index contributed by atoms with van der Waals surface area (Å²) in [5, 5.41) is 11.8. The van der Waals surface area contributed by atoms with E-state index in [1.165, 1.54) is 13.8 Å². The topological polar surface area (TPSA) is 131 Å². The average Bonchev–Trinajstić information content (AvgIpc) is 2.65. The van der Waals surface area contributed by atoms with Crippen LogP contribution in [0, 0.1) is 0 Å². The Kier molecular flexibility index (Phi) is 5.76. The smallest absolute Gasteiger partial charge is 0.289 e. The maximum Gasteiger partial charge on any atom is 0.289 e. The van der Waals surface area contributed by atoms with Crippen LogP contribution >= 0.6 is 0 Å². The number of nitrogens with zero attached hydrogens (tertiary/aromatic N) is 3. The number of aliphatic hydroxyl groups is 1. The minimum absolute atomic E-state index is 0.0345. The zero-order valence-electron chi connectivity index (χ0n) is 17.3. The molecule has 3 heterocycles. The van der Waals surface area contributed by atoms with Gasteiger partial charge in [0.15, 0.2) is 21.4 Å². The molecule has 10 nitrogen and oxygen atoms in total. The van der Waals surface area contributed by atoms with Crippen molar-refractivity contribution in [1.29, 1.82) is 0 Å². The van der Waals surface area contributed by atoms with E-state index in [0.29, 0.717) is 25.6 Å². The summed E-state index contributed by atoms with van der Waals surface area (Å²) in [4.78, 5) is 23.4. The number of hydrogen-bond donors (Lipinski definition) is 2. The molecule has 1 amide bonds. The standard InChI is InChI=1S/C18H28N4O6S/c1-10(6-23)19-17(24)15-20-14(18(3,4)29(5,25)26)13-16(21-15)22-11(2)7-27-8-12(22)9-28-13/h10-12,23H,6-9H2,1-5H3,(H,19,24). The fourth-order valence-corrected chi connectivity index (χ4v) is 3.84. The van der Waals surface area contributed by atoms with Crippen molar-refractivity contribution < 1.29 is 27.8 Å². The van der Waals surface area contributed by atoms with E-state index in [-0.39, 0.29) is 36.0 Å². The summed E-state index contributed by atoms with van der Waals surface area (Å²) in [5.41, 5.74) is 0.143. The number of nitrogens with one attached hydrogen (secondary N) is 1. The summed E-state index contributed by atoms with van der Waals surface area (Å²) < 4.78 is 35.1. The fraction of sp³-hybridized carbons (Fsp3) is 0.722. The van der Waals surface area contributed by atoms with Crippen LogP contribution < -0.4 is 15.0 Å². The van der Waals surface area contributed by atoms with Crippen molar-refractivity contribution in [3.63, 3.8) is 0 Å². The lowest BCUT2D eigenvalue weighted by Crippen LogP contribution is -2.56. The van der Waals surface area contributed by atoms with Crippen LogP contribution in [0.1, 0.15) is 44.0 Å². The van der Waals surface area contributed by atoms with Crippen molar-refractivity contribution in [3.8, 4) is 5.75 Å². The Morgan fingerprint density at radius 2 is 2.03 bits per heavy atom.